The Morgan fingerprint density at radius 1 is 1.33 bits per heavy atom. The molecule has 112 valence electrons. The monoisotopic (exact) mass is 308 g/mol. The van der Waals surface area contributed by atoms with E-state index in [-0.39, 0.29) is 6.03 Å². The number of anilines is 2. The molecule has 0 saturated heterocycles. The van der Waals surface area contributed by atoms with E-state index >= 15 is 0 Å². The van der Waals surface area contributed by atoms with Crippen LogP contribution in [-0.4, -0.2) is 22.9 Å². The smallest absolute Gasteiger partial charge is 0.323 e. The quantitative estimate of drug-likeness (QED) is 0.913. The molecular weight excluding hydrogens is 292 g/mol. The van der Waals surface area contributed by atoms with Crippen molar-refractivity contribution in [3.63, 3.8) is 0 Å². The number of nitrogens with one attached hydrogen (secondary N) is 2. The summed E-state index contributed by atoms with van der Waals surface area (Å²) in [6, 6.07) is 4.63. The molecule has 2 rings (SSSR count). The number of rotatable bonds is 3. The molecule has 1 aromatic carbocycles. The molecule has 0 radical (unpaired) electrons. The summed E-state index contributed by atoms with van der Waals surface area (Å²) < 4.78 is 6.90. The summed E-state index contributed by atoms with van der Waals surface area (Å²) in [7, 11) is 3.35. The second-order valence-electron chi connectivity index (χ2n) is 4.59. The Morgan fingerprint density at radius 2 is 2.05 bits per heavy atom. The minimum Gasteiger partial charge on any atom is -0.495 e. The molecule has 21 heavy (non-hydrogen) atoms. The van der Waals surface area contributed by atoms with Crippen molar-refractivity contribution in [2.75, 3.05) is 17.7 Å². The predicted octanol–water partition coefficient (Wildman–Crippen LogP) is 3.34. The Morgan fingerprint density at radius 3 is 2.62 bits per heavy atom. The standard InChI is InChI=1S/C14H17ClN4O2/c1-8-13(9(2)19(3)18-8)17-14(20)16-11-7-10(15)5-6-12(11)21-4/h5-7H,1-4H3,(H2,16,17,20). The molecule has 6 nitrogen and oxygen atoms in total. The van der Waals surface area contributed by atoms with E-state index in [4.69, 9.17) is 16.3 Å². The van der Waals surface area contributed by atoms with E-state index in [9.17, 15) is 4.79 Å². The van der Waals surface area contributed by atoms with Crippen LogP contribution < -0.4 is 15.4 Å². The van der Waals surface area contributed by atoms with Gasteiger partial charge in [-0.1, -0.05) is 11.6 Å². The topological polar surface area (TPSA) is 68.2 Å². The van der Waals surface area contributed by atoms with Gasteiger partial charge in [0.25, 0.3) is 0 Å². The number of carbonyl (C=O) groups is 1. The fraction of sp³-hybridized carbons (Fsp3) is 0.286. The molecule has 1 heterocycles. The van der Waals surface area contributed by atoms with Gasteiger partial charge in [-0.15, -0.1) is 0 Å². The first kappa shape index (κ1) is 15.2. The van der Waals surface area contributed by atoms with Gasteiger partial charge in [0.15, 0.2) is 0 Å². The van der Waals surface area contributed by atoms with Gasteiger partial charge in [-0.2, -0.15) is 5.10 Å². The first-order valence-electron chi connectivity index (χ1n) is 6.34. The number of ether oxygens (including phenoxy) is 1. The molecule has 0 spiro atoms. The molecule has 7 heteroatoms. The maximum Gasteiger partial charge on any atom is 0.323 e. The highest BCUT2D eigenvalue weighted by atomic mass is 35.5. The Kier molecular flexibility index (Phi) is 4.37. The van der Waals surface area contributed by atoms with Crippen LogP contribution in [0, 0.1) is 13.8 Å². The summed E-state index contributed by atoms with van der Waals surface area (Å²) in [6.07, 6.45) is 0. The summed E-state index contributed by atoms with van der Waals surface area (Å²) in [6.45, 7) is 3.72. The third-order valence-corrected chi connectivity index (χ3v) is 3.39. The lowest BCUT2D eigenvalue weighted by Gasteiger charge is -2.11. The number of carbonyl (C=O) groups excluding carboxylic acids is 1. The van der Waals surface area contributed by atoms with E-state index in [1.807, 2.05) is 20.9 Å². The number of halogens is 1. The molecule has 0 aliphatic rings. The SMILES string of the molecule is COc1ccc(Cl)cc1NC(=O)Nc1c(C)nn(C)c1C. The molecule has 0 atom stereocenters. The average molecular weight is 309 g/mol. The molecule has 2 amide bonds. The van der Waals surface area contributed by atoms with Crippen LogP contribution in [0.3, 0.4) is 0 Å². The summed E-state index contributed by atoms with van der Waals surface area (Å²) in [4.78, 5) is 12.1. The Balaban J connectivity index is 2.17. The Bertz CT molecular complexity index is 682. The number of urea groups is 1. The zero-order valence-corrected chi connectivity index (χ0v) is 13.1. The van der Waals surface area contributed by atoms with Crippen molar-refractivity contribution in [3.05, 3.63) is 34.6 Å². The van der Waals surface area contributed by atoms with Crippen LogP contribution >= 0.6 is 11.6 Å². The van der Waals surface area contributed by atoms with Gasteiger partial charge in [0.2, 0.25) is 0 Å². The van der Waals surface area contributed by atoms with E-state index in [1.54, 1.807) is 22.9 Å². The highest BCUT2D eigenvalue weighted by molar-refractivity contribution is 6.31. The zero-order chi connectivity index (χ0) is 15.6. The van der Waals surface area contributed by atoms with Crippen LogP contribution in [0.5, 0.6) is 5.75 Å². The van der Waals surface area contributed by atoms with Gasteiger partial charge in [-0.3, -0.25) is 4.68 Å². The lowest BCUT2D eigenvalue weighted by atomic mass is 10.3. The largest absolute Gasteiger partial charge is 0.495 e. The van der Waals surface area contributed by atoms with Gasteiger partial charge in [0, 0.05) is 12.1 Å². The van der Waals surface area contributed by atoms with E-state index in [1.165, 1.54) is 7.11 Å². The summed E-state index contributed by atoms with van der Waals surface area (Å²) >= 11 is 5.93. The van der Waals surface area contributed by atoms with Crippen molar-refractivity contribution < 1.29 is 9.53 Å². The minimum atomic E-state index is -0.380. The molecule has 2 aromatic rings. The summed E-state index contributed by atoms with van der Waals surface area (Å²) in [5, 5.41) is 10.3. The number of amides is 2. The van der Waals surface area contributed by atoms with Crippen LogP contribution in [0.15, 0.2) is 18.2 Å². The number of nitrogens with zero attached hydrogens (tertiary/aromatic N) is 2. The van der Waals surface area contributed by atoms with Crippen molar-refractivity contribution in [2.45, 2.75) is 13.8 Å². The lowest BCUT2D eigenvalue weighted by molar-refractivity contribution is 0.262. The van der Waals surface area contributed by atoms with Gasteiger partial charge < -0.3 is 15.4 Å². The van der Waals surface area contributed by atoms with Crippen molar-refractivity contribution in [2.24, 2.45) is 7.05 Å². The van der Waals surface area contributed by atoms with Crippen LogP contribution in [0.2, 0.25) is 5.02 Å². The van der Waals surface area contributed by atoms with Crippen LogP contribution in [0.1, 0.15) is 11.4 Å². The molecule has 2 N–H and O–H groups in total. The normalized spacial score (nSPS) is 10.3. The number of hydrogen-bond acceptors (Lipinski definition) is 3. The third-order valence-electron chi connectivity index (χ3n) is 3.16. The number of methoxy groups -OCH3 is 1. The fourth-order valence-electron chi connectivity index (χ4n) is 2.00. The van der Waals surface area contributed by atoms with E-state index in [2.05, 4.69) is 15.7 Å². The summed E-state index contributed by atoms with van der Waals surface area (Å²) in [5.41, 5.74) is 2.82. The molecular formula is C14H17ClN4O2. The number of benzene rings is 1. The molecule has 0 bridgehead atoms. The highest BCUT2D eigenvalue weighted by Crippen LogP contribution is 2.28. The second-order valence-corrected chi connectivity index (χ2v) is 5.03. The van der Waals surface area contributed by atoms with Crippen molar-refractivity contribution in [1.82, 2.24) is 9.78 Å². The predicted molar refractivity (Wildman–Crippen MR) is 83.3 cm³/mol. The third kappa shape index (κ3) is 3.28. The van der Waals surface area contributed by atoms with Crippen molar-refractivity contribution >= 4 is 29.0 Å². The van der Waals surface area contributed by atoms with Gasteiger partial charge >= 0.3 is 6.03 Å². The van der Waals surface area contributed by atoms with Gasteiger partial charge in [-0.25, -0.2) is 4.79 Å². The van der Waals surface area contributed by atoms with E-state index < -0.39 is 0 Å². The molecule has 0 aliphatic carbocycles. The maximum atomic E-state index is 12.1. The number of aromatic nitrogens is 2. The van der Waals surface area contributed by atoms with E-state index in [0.29, 0.717) is 22.1 Å². The molecule has 0 fully saturated rings. The molecule has 0 unspecified atom stereocenters. The second kappa shape index (κ2) is 6.05. The first-order valence-corrected chi connectivity index (χ1v) is 6.72. The van der Waals surface area contributed by atoms with Gasteiger partial charge in [0.05, 0.1) is 29.9 Å². The molecule has 0 aliphatic heterocycles. The van der Waals surface area contributed by atoms with Crippen molar-refractivity contribution in [1.29, 1.82) is 0 Å². The average Bonchev–Trinajstić information content (AvgIpc) is 2.66. The van der Waals surface area contributed by atoms with Crippen LogP contribution in [0.25, 0.3) is 0 Å². The molecule has 1 aromatic heterocycles. The fourth-order valence-corrected chi connectivity index (χ4v) is 2.17. The Labute approximate surface area is 128 Å². The maximum absolute atomic E-state index is 12.1. The van der Waals surface area contributed by atoms with Crippen LogP contribution in [-0.2, 0) is 7.05 Å². The van der Waals surface area contributed by atoms with Gasteiger partial charge in [-0.05, 0) is 32.0 Å². The number of aryl methyl sites for hydroxylation is 2. The first-order chi connectivity index (χ1) is 9.92. The van der Waals surface area contributed by atoms with E-state index in [0.717, 1.165) is 11.4 Å². The summed E-state index contributed by atoms with van der Waals surface area (Å²) in [5.74, 6) is 0.536. The highest BCUT2D eigenvalue weighted by Gasteiger charge is 2.14. The van der Waals surface area contributed by atoms with Crippen molar-refractivity contribution in [3.8, 4) is 5.75 Å². The zero-order valence-electron chi connectivity index (χ0n) is 12.3. The molecule has 0 saturated carbocycles. The van der Waals surface area contributed by atoms with Gasteiger partial charge in [0.1, 0.15) is 5.75 Å². The Hall–Kier alpha value is -2.21. The van der Waals surface area contributed by atoms with Crippen LogP contribution in [0.4, 0.5) is 16.2 Å². The minimum absolute atomic E-state index is 0.380. The number of hydrogen-bond donors (Lipinski definition) is 2. The lowest BCUT2D eigenvalue weighted by Crippen LogP contribution is -2.20.